The van der Waals surface area contributed by atoms with Crippen LogP contribution in [0.15, 0.2) is 12.2 Å². The average molecular weight is 257 g/mol. The molecule has 0 aliphatic rings. The Labute approximate surface area is 109 Å². The molecule has 104 valence electrons. The second kappa shape index (κ2) is 7.74. The third-order valence-electron chi connectivity index (χ3n) is 1.86. The zero-order valence-corrected chi connectivity index (χ0v) is 11.7. The van der Waals surface area contributed by atoms with E-state index in [2.05, 4.69) is 11.9 Å². The summed E-state index contributed by atoms with van der Waals surface area (Å²) in [6, 6.07) is 0. The van der Waals surface area contributed by atoms with Crippen LogP contribution in [0.3, 0.4) is 0 Å². The SMILES string of the molecule is C=C(COC(=O)NCCCC)C(=O)OC(C)(C)C. The molecular weight excluding hydrogens is 234 g/mol. The normalized spacial score (nSPS) is 10.7. The zero-order valence-electron chi connectivity index (χ0n) is 11.7. The summed E-state index contributed by atoms with van der Waals surface area (Å²) in [5, 5.41) is 2.57. The molecule has 1 N–H and O–H groups in total. The summed E-state index contributed by atoms with van der Waals surface area (Å²) >= 11 is 0. The van der Waals surface area contributed by atoms with Crippen molar-refractivity contribution in [2.75, 3.05) is 13.2 Å². The van der Waals surface area contributed by atoms with Gasteiger partial charge in [-0.1, -0.05) is 19.9 Å². The van der Waals surface area contributed by atoms with Crippen LogP contribution in [-0.2, 0) is 14.3 Å². The molecule has 0 aromatic carbocycles. The van der Waals surface area contributed by atoms with Crippen LogP contribution in [0.2, 0.25) is 0 Å². The molecule has 5 nitrogen and oxygen atoms in total. The number of hydrogen-bond donors (Lipinski definition) is 1. The Bertz CT molecular complexity index is 305. The predicted octanol–water partition coefficient (Wildman–Crippen LogP) is 2.41. The lowest BCUT2D eigenvalue weighted by Gasteiger charge is -2.20. The molecule has 0 aliphatic carbocycles. The van der Waals surface area contributed by atoms with E-state index in [9.17, 15) is 9.59 Å². The highest BCUT2D eigenvalue weighted by Crippen LogP contribution is 2.10. The average Bonchev–Trinajstić information content (AvgIpc) is 2.23. The molecule has 0 atom stereocenters. The van der Waals surface area contributed by atoms with E-state index in [0.29, 0.717) is 6.54 Å². The lowest BCUT2D eigenvalue weighted by Crippen LogP contribution is -2.29. The molecule has 0 fully saturated rings. The Hall–Kier alpha value is -1.52. The summed E-state index contributed by atoms with van der Waals surface area (Å²) in [7, 11) is 0. The van der Waals surface area contributed by atoms with Crippen LogP contribution in [0.5, 0.6) is 0 Å². The van der Waals surface area contributed by atoms with Gasteiger partial charge < -0.3 is 14.8 Å². The summed E-state index contributed by atoms with van der Waals surface area (Å²) in [5.74, 6) is -0.552. The van der Waals surface area contributed by atoms with Gasteiger partial charge >= 0.3 is 12.1 Å². The van der Waals surface area contributed by atoms with E-state index in [1.54, 1.807) is 20.8 Å². The Morgan fingerprint density at radius 2 is 1.89 bits per heavy atom. The third kappa shape index (κ3) is 8.61. The number of carbonyl (C=O) groups excluding carboxylic acids is 2. The van der Waals surface area contributed by atoms with Crippen LogP contribution in [0, 0.1) is 0 Å². The largest absolute Gasteiger partial charge is 0.457 e. The van der Waals surface area contributed by atoms with E-state index >= 15 is 0 Å². The Morgan fingerprint density at radius 1 is 1.28 bits per heavy atom. The van der Waals surface area contributed by atoms with Crippen molar-refractivity contribution in [1.29, 1.82) is 0 Å². The number of rotatable bonds is 6. The van der Waals surface area contributed by atoms with Crippen molar-refractivity contribution in [3.63, 3.8) is 0 Å². The van der Waals surface area contributed by atoms with Crippen LogP contribution in [-0.4, -0.2) is 30.8 Å². The van der Waals surface area contributed by atoms with Crippen molar-refractivity contribution in [2.45, 2.75) is 46.1 Å². The first-order valence-corrected chi connectivity index (χ1v) is 6.08. The monoisotopic (exact) mass is 257 g/mol. The lowest BCUT2D eigenvalue weighted by atomic mass is 10.2. The highest BCUT2D eigenvalue weighted by Gasteiger charge is 2.19. The molecule has 1 amide bonds. The molecule has 0 bridgehead atoms. The van der Waals surface area contributed by atoms with Crippen molar-refractivity contribution < 1.29 is 19.1 Å². The molecule has 0 rings (SSSR count). The highest BCUT2D eigenvalue weighted by molar-refractivity contribution is 5.88. The van der Waals surface area contributed by atoms with Gasteiger partial charge in [-0.05, 0) is 27.2 Å². The minimum atomic E-state index is -0.580. The molecule has 0 heterocycles. The quantitative estimate of drug-likeness (QED) is 0.451. The smallest absolute Gasteiger partial charge is 0.407 e. The molecular formula is C13H23NO4. The maximum atomic E-state index is 11.5. The van der Waals surface area contributed by atoms with Gasteiger partial charge in [-0.2, -0.15) is 0 Å². The third-order valence-corrected chi connectivity index (χ3v) is 1.86. The summed E-state index contributed by atoms with van der Waals surface area (Å²) in [4.78, 5) is 22.7. The maximum absolute atomic E-state index is 11.5. The van der Waals surface area contributed by atoms with Gasteiger partial charge in [-0.3, -0.25) is 0 Å². The summed E-state index contributed by atoms with van der Waals surface area (Å²) in [5.41, 5.74) is -0.459. The van der Waals surface area contributed by atoms with E-state index < -0.39 is 17.7 Å². The Morgan fingerprint density at radius 3 is 2.39 bits per heavy atom. The number of ether oxygens (including phenoxy) is 2. The minimum Gasteiger partial charge on any atom is -0.457 e. The molecule has 0 aromatic rings. The van der Waals surface area contributed by atoms with Crippen molar-refractivity contribution in [1.82, 2.24) is 5.32 Å². The summed E-state index contributed by atoms with van der Waals surface area (Å²) in [6.07, 6.45) is 1.33. The first-order valence-electron chi connectivity index (χ1n) is 6.08. The molecule has 0 aliphatic heterocycles. The fraction of sp³-hybridized carbons (Fsp3) is 0.692. The standard InChI is InChI=1S/C13H23NO4/c1-6-7-8-14-12(16)17-9-10(2)11(15)18-13(3,4)5/h2,6-9H2,1,3-5H3,(H,14,16). The number of carbonyl (C=O) groups is 2. The highest BCUT2D eigenvalue weighted by atomic mass is 16.6. The minimum absolute atomic E-state index is 0.121. The number of alkyl carbamates (subject to hydrolysis) is 1. The van der Waals surface area contributed by atoms with Crippen LogP contribution in [0.4, 0.5) is 4.79 Å². The molecule has 0 saturated heterocycles. The van der Waals surface area contributed by atoms with Gasteiger partial charge in [0.1, 0.15) is 12.2 Å². The number of esters is 1. The predicted molar refractivity (Wildman–Crippen MR) is 69.2 cm³/mol. The number of amides is 1. The first kappa shape index (κ1) is 16.5. The fourth-order valence-corrected chi connectivity index (χ4v) is 0.980. The van der Waals surface area contributed by atoms with Crippen LogP contribution in [0.1, 0.15) is 40.5 Å². The van der Waals surface area contributed by atoms with Gasteiger partial charge in [0.25, 0.3) is 0 Å². The molecule has 5 heteroatoms. The van der Waals surface area contributed by atoms with Gasteiger partial charge in [0.05, 0.1) is 5.57 Å². The van der Waals surface area contributed by atoms with E-state index in [1.807, 2.05) is 6.92 Å². The van der Waals surface area contributed by atoms with E-state index in [4.69, 9.17) is 9.47 Å². The van der Waals surface area contributed by atoms with E-state index in [0.717, 1.165) is 12.8 Å². The molecule has 0 radical (unpaired) electrons. The zero-order chi connectivity index (χ0) is 14.2. The molecule has 0 spiro atoms. The number of unbranched alkanes of at least 4 members (excludes halogenated alkanes) is 1. The van der Waals surface area contributed by atoms with Crippen molar-refractivity contribution >= 4 is 12.1 Å². The van der Waals surface area contributed by atoms with Crippen LogP contribution in [0.25, 0.3) is 0 Å². The Kier molecular flexibility index (Phi) is 7.08. The van der Waals surface area contributed by atoms with Crippen molar-refractivity contribution in [3.8, 4) is 0 Å². The molecule has 0 aromatic heterocycles. The van der Waals surface area contributed by atoms with E-state index in [-0.39, 0.29) is 12.2 Å². The summed E-state index contributed by atoms with van der Waals surface area (Å²) in [6.45, 7) is 11.2. The molecule has 0 saturated carbocycles. The van der Waals surface area contributed by atoms with E-state index in [1.165, 1.54) is 0 Å². The van der Waals surface area contributed by atoms with Gasteiger partial charge in [0.15, 0.2) is 0 Å². The molecule has 0 unspecified atom stereocenters. The van der Waals surface area contributed by atoms with Crippen LogP contribution >= 0.6 is 0 Å². The second-order valence-electron chi connectivity index (χ2n) is 4.96. The first-order chi connectivity index (χ1) is 8.26. The van der Waals surface area contributed by atoms with Gasteiger partial charge in [-0.15, -0.1) is 0 Å². The summed E-state index contributed by atoms with van der Waals surface area (Å²) < 4.78 is 9.92. The van der Waals surface area contributed by atoms with Crippen LogP contribution < -0.4 is 5.32 Å². The number of hydrogen-bond acceptors (Lipinski definition) is 4. The van der Waals surface area contributed by atoms with Crippen molar-refractivity contribution in [2.24, 2.45) is 0 Å². The number of nitrogens with one attached hydrogen (secondary N) is 1. The van der Waals surface area contributed by atoms with Gasteiger partial charge in [0, 0.05) is 6.54 Å². The fourth-order valence-electron chi connectivity index (χ4n) is 0.980. The lowest BCUT2D eigenvalue weighted by molar-refractivity contribution is -0.150. The van der Waals surface area contributed by atoms with Gasteiger partial charge in [-0.25, -0.2) is 9.59 Å². The molecule has 18 heavy (non-hydrogen) atoms. The Balaban J connectivity index is 3.89. The maximum Gasteiger partial charge on any atom is 0.407 e. The van der Waals surface area contributed by atoms with Gasteiger partial charge in [0.2, 0.25) is 0 Å². The van der Waals surface area contributed by atoms with Crippen molar-refractivity contribution in [3.05, 3.63) is 12.2 Å². The second-order valence-corrected chi connectivity index (χ2v) is 4.96. The topological polar surface area (TPSA) is 64.6 Å².